The predicted octanol–water partition coefficient (Wildman–Crippen LogP) is 2.45. The summed E-state index contributed by atoms with van der Waals surface area (Å²) in [6.45, 7) is -0.421. The molecule has 130 valence electrons. The number of thiophene rings is 1. The Bertz CT molecular complexity index is 810. The van der Waals surface area contributed by atoms with E-state index in [1.54, 1.807) is 23.6 Å². The van der Waals surface area contributed by atoms with Gasteiger partial charge < -0.3 is 19.9 Å². The highest BCUT2D eigenvalue weighted by Gasteiger charge is 2.11. The van der Waals surface area contributed by atoms with Crippen molar-refractivity contribution < 1.29 is 24.2 Å². The molecule has 0 aliphatic carbocycles. The van der Waals surface area contributed by atoms with Crippen LogP contribution in [-0.4, -0.2) is 30.7 Å². The molecule has 1 amide bonds. The van der Waals surface area contributed by atoms with Gasteiger partial charge in [-0.1, -0.05) is 6.07 Å². The molecule has 1 aromatic heterocycles. The summed E-state index contributed by atoms with van der Waals surface area (Å²) in [4.78, 5) is 23.4. The maximum Gasteiger partial charge on any atom is 0.306 e. The summed E-state index contributed by atoms with van der Waals surface area (Å²) in [6, 6.07) is 8.41. The van der Waals surface area contributed by atoms with Gasteiger partial charge in [0.05, 0.1) is 12.7 Å². The molecule has 2 aromatic rings. The van der Waals surface area contributed by atoms with Crippen LogP contribution < -0.4 is 10.1 Å². The molecule has 25 heavy (non-hydrogen) atoms. The Hall–Kier alpha value is -3.05. The van der Waals surface area contributed by atoms with Crippen LogP contribution in [0.15, 0.2) is 29.6 Å². The number of hydrogen-bond acceptors (Lipinski definition) is 7. The zero-order valence-electron chi connectivity index (χ0n) is 13.4. The number of esters is 1. The van der Waals surface area contributed by atoms with Crippen LogP contribution in [0.2, 0.25) is 0 Å². The van der Waals surface area contributed by atoms with E-state index < -0.39 is 18.5 Å². The SMILES string of the molecule is COc1ccc(CCC(=O)OCC(=O)Nc2sccc2C#N)cc1O. The lowest BCUT2D eigenvalue weighted by Gasteiger charge is -2.07. The summed E-state index contributed by atoms with van der Waals surface area (Å²) >= 11 is 1.22. The number of benzene rings is 1. The van der Waals surface area contributed by atoms with Crippen molar-refractivity contribution >= 4 is 28.2 Å². The van der Waals surface area contributed by atoms with Gasteiger partial charge in [-0.25, -0.2) is 0 Å². The fourth-order valence-electron chi connectivity index (χ4n) is 2.01. The van der Waals surface area contributed by atoms with Gasteiger partial charge in [-0.05, 0) is 35.6 Å². The van der Waals surface area contributed by atoms with Crippen molar-refractivity contribution in [2.75, 3.05) is 19.0 Å². The van der Waals surface area contributed by atoms with Gasteiger partial charge in [-0.2, -0.15) is 5.26 Å². The zero-order valence-corrected chi connectivity index (χ0v) is 14.3. The molecule has 2 N–H and O–H groups in total. The summed E-state index contributed by atoms with van der Waals surface area (Å²) < 4.78 is 9.85. The van der Waals surface area contributed by atoms with E-state index in [-0.39, 0.29) is 12.2 Å². The van der Waals surface area contributed by atoms with Crippen molar-refractivity contribution in [3.8, 4) is 17.6 Å². The Morgan fingerprint density at radius 2 is 2.16 bits per heavy atom. The Labute approximate surface area is 148 Å². The number of carbonyl (C=O) groups excluding carboxylic acids is 2. The number of nitriles is 1. The lowest BCUT2D eigenvalue weighted by atomic mass is 10.1. The molecule has 7 nitrogen and oxygen atoms in total. The van der Waals surface area contributed by atoms with Gasteiger partial charge in [0.1, 0.15) is 11.1 Å². The van der Waals surface area contributed by atoms with Crippen LogP contribution in [0.5, 0.6) is 11.5 Å². The average Bonchev–Trinajstić information content (AvgIpc) is 3.05. The van der Waals surface area contributed by atoms with Gasteiger partial charge in [-0.15, -0.1) is 11.3 Å². The Kier molecular flexibility index (Phi) is 6.37. The van der Waals surface area contributed by atoms with Crippen molar-refractivity contribution in [2.45, 2.75) is 12.8 Å². The number of aromatic hydroxyl groups is 1. The fourth-order valence-corrected chi connectivity index (χ4v) is 2.77. The van der Waals surface area contributed by atoms with Crippen molar-refractivity contribution in [2.24, 2.45) is 0 Å². The van der Waals surface area contributed by atoms with Crippen LogP contribution in [0.1, 0.15) is 17.5 Å². The van der Waals surface area contributed by atoms with Crippen molar-refractivity contribution in [3.05, 3.63) is 40.8 Å². The Morgan fingerprint density at radius 3 is 2.84 bits per heavy atom. The maximum absolute atomic E-state index is 11.7. The minimum Gasteiger partial charge on any atom is -0.504 e. The van der Waals surface area contributed by atoms with Gasteiger partial charge in [0.2, 0.25) is 0 Å². The number of carbonyl (C=O) groups is 2. The second kappa shape index (κ2) is 8.70. The second-order valence-corrected chi connectivity index (χ2v) is 5.91. The number of amides is 1. The topological polar surface area (TPSA) is 109 Å². The van der Waals surface area contributed by atoms with Crippen LogP contribution in [0.4, 0.5) is 5.00 Å². The summed E-state index contributed by atoms with van der Waals surface area (Å²) in [6.07, 6.45) is 0.434. The molecule has 8 heteroatoms. The van der Waals surface area contributed by atoms with Gasteiger partial charge in [-0.3, -0.25) is 9.59 Å². The molecule has 2 rings (SSSR count). The minimum atomic E-state index is -0.530. The first-order chi connectivity index (χ1) is 12.0. The highest BCUT2D eigenvalue weighted by atomic mass is 32.1. The second-order valence-electron chi connectivity index (χ2n) is 4.99. The van der Waals surface area contributed by atoms with Gasteiger partial charge in [0.15, 0.2) is 18.1 Å². The van der Waals surface area contributed by atoms with Crippen molar-refractivity contribution in [1.82, 2.24) is 0 Å². The van der Waals surface area contributed by atoms with E-state index in [2.05, 4.69) is 5.32 Å². The third kappa shape index (κ3) is 5.22. The van der Waals surface area contributed by atoms with Crippen molar-refractivity contribution in [1.29, 1.82) is 5.26 Å². The molecule has 0 saturated heterocycles. The molecule has 0 aliphatic rings. The van der Waals surface area contributed by atoms with Gasteiger partial charge in [0.25, 0.3) is 5.91 Å². The molecular weight excluding hydrogens is 344 g/mol. The Balaban J connectivity index is 1.76. The molecule has 0 fully saturated rings. The first-order valence-electron chi connectivity index (χ1n) is 7.32. The molecule has 0 radical (unpaired) electrons. The monoisotopic (exact) mass is 360 g/mol. The number of nitrogens with one attached hydrogen (secondary N) is 1. The van der Waals surface area contributed by atoms with E-state index >= 15 is 0 Å². The zero-order chi connectivity index (χ0) is 18.2. The van der Waals surface area contributed by atoms with E-state index in [4.69, 9.17) is 14.7 Å². The number of hydrogen-bond donors (Lipinski definition) is 2. The molecule has 0 bridgehead atoms. The summed E-state index contributed by atoms with van der Waals surface area (Å²) in [5.74, 6) is -0.683. The van der Waals surface area contributed by atoms with Crippen LogP contribution >= 0.6 is 11.3 Å². The van der Waals surface area contributed by atoms with E-state index in [0.29, 0.717) is 22.7 Å². The number of ether oxygens (including phenoxy) is 2. The predicted molar refractivity (Wildman–Crippen MR) is 91.6 cm³/mol. The van der Waals surface area contributed by atoms with E-state index in [1.807, 2.05) is 6.07 Å². The smallest absolute Gasteiger partial charge is 0.306 e. The number of aryl methyl sites for hydroxylation is 1. The lowest BCUT2D eigenvalue weighted by molar-refractivity contribution is -0.147. The van der Waals surface area contributed by atoms with Crippen molar-refractivity contribution in [3.63, 3.8) is 0 Å². The third-order valence-corrected chi connectivity index (χ3v) is 4.09. The molecule has 0 aliphatic heterocycles. The molecule has 1 heterocycles. The summed E-state index contributed by atoms with van der Waals surface area (Å²) in [5, 5.41) is 23.2. The number of phenolic OH excluding ortho intramolecular Hbond substituents is 1. The average molecular weight is 360 g/mol. The van der Waals surface area contributed by atoms with Crippen LogP contribution in [0, 0.1) is 11.3 Å². The van der Waals surface area contributed by atoms with Crippen LogP contribution in [0.3, 0.4) is 0 Å². The maximum atomic E-state index is 11.7. The highest BCUT2D eigenvalue weighted by molar-refractivity contribution is 7.14. The molecule has 0 spiro atoms. The molecular formula is C17H16N2O5S. The van der Waals surface area contributed by atoms with E-state index in [9.17, 15) is 14.7 Å². The minimum absolute atomic E-state index is 0.00279. The van der Waals surface area contributed by atoms with Gasteiger partial charge >= 0.3 is 5.97 Å². The van der Waals surface area contributed by atoms with Gasteiger partial charge in [0, 0.05) is 6.42 Å². The first-order valence-corrected chi connectivity index (χ1v) is 8.20. The highest BCUT2D eigenvalue weighted by Crippen LogP contribution is 2.26. The quantitative estimate of drug-likeness (QED) is 0.734. The molecule has 0 atom stereocenters. The standard InChI is InChI=1S/C17H16N2O5S/c1-23-14-4-2-11(8-13(14)20)3-5-16(22)24-10-15(21)19-17-12(9-18)6-7-25-17/h2,4,6-8,20H,3,5,10H2,1H3,(H,19,21). The Morgan fingerprint density at radius 1 is 1.36 bits per heavy atom. The molecule has 0 unspecified atom stereocenters. The third-order valence-electron chi connectivity index (χ3n) is 3.26. The summed E-state index contributed by atoms with van der Waals surface area (Å²) in [5.41, 5.74) is 1.11. The first kappa shape index (κ1) is 18.3. The van der Waals surface area contributed by atoms with Crippen LogP contribution in [-0.2, 0) is 20.7 Å². The largest absolute Gasteiger partial charge is 0.504 e. The lowest BCUT2D eigenvalue weighted by Crippen LogP contribution is -2.20. The van der Waals surface area contributed by atoms with E-state index in [0.717, 1.165) is 5.56 Å². The van der Waals surface area contributed by atoms with Crippen LogP contribution in [0.25, 0.3) is 0 Å². The number of nitrogens with zero attached hydrogens (tertiary/aromatic N) is 1. The number of phenols is 1. The normalized spacial score (nSPS) is 9.92. The molecule has 1 aromatic carbocycles. The summed E-state index contributed by atoms with van der Waals surface area (Å²) in [7, 11) is 1.45. The number of rotatable bonds is 7. The fraction of sp³-hybridized carbons (Fsp3) is 0.235. The van der Waals surface area contributed by atoms with E-state index in [1.165, 1.54) is 24.5 Å². The number of methoxy groups -OCH3 is 1. The number of anilines is 1. The molecule has 0 saturated carbocycles.